The molecule has 0 aliphatic carbocycles. The van der Waals surface area contributed by atoms with Gasteiger partial charge in [-0.3, -0.25) is 4.79 Å². The molecule has 0 saturated carbocycles. The van der Waals surface area contributed by atoms with E-state index >= 15 is 0 Å². The third-order valence-corrected chi connectivity index (χ3v) is 7.46. The molecule has 0 atom stereocenters. The first-order valence-corrected chi connectivity index (χ1v) is 12.4. The second kappa shape index (κ2) is 8.86. The van der Waals surface area contributed by atoms with Gasteiger partial charge in [0.05, 0.1) is 16.1 Å². The summed E-state index contributed by atoms with van der Waals surface area (Å²) in [4.78, 5) is 20.6. The zero-order valence-electron chi connectivity index (χ0n) is 20.7. The van der Waals surface area contributed by atoms with Gasteiger partial charge in [0, 0.05) is 17.8 Å². The Balaban J connectivity index is 1.69. The lowest BCUT2D eigenvalue weighted by Crippen LogP contribution is -2.45. The summed E-state index contributed by atoms with van der Waals surface area (Å²) in [5, 5.41) is 3.56. The lowest BCUT2D eigenvalue weighted by Gasteiger charge is -2.43. The average molecular weight is 460 g/mol. The molecule has 0 bridgehead atoms. The molecule has 2 aliphatic rings. The third kappa shape index (κ3) is 4.51. The van der Waals surface area contributed by atoms with Crippen LogP contribution in [0.5, 0.6) is 0 Å². The minimum atomic E-state index is -0.0952. The topological polar surface area (TPSA) is 44.7 Å². The van der Waals surface area contributed by atoms with Crippen molar-refractivity contribution in [2.75, 3.05) is 11.4 Å². The number of benzene rings is 2. The molecule has 172 valence electrons. The van der Waals surface area contributed by atoms with Gasteiger partial charge in [-0.1, -0.05) is 25.1 Å². The van der Waals surface area contributed by atoms with Gasteiger partial charge < -0.3 is 10.2 Å². The number of hydrogen-bond donors (Lipinski definition) is 1. The third-order valence-electron chi connectivity index (χ3n) is 6.55. The standard InChI is InChI=1S/C28H33N3OS/c1-8-12-31-24-13-18(3)21(14-22(24)19(4)16-28(31,6)7)15-25-26(32)30-27(33-25)29-23-11-9-10-17(2)20(23)5/h9-11,13-16H,8,12H2,1-7H3,(H,29,30,32)/b25-15+. The van der Waals surface area contributed by atoms with Crippen molar-refractivity contribution >= 4 is 45.9 Å². The van der Waals surface area contributed by atoms with E-state index in [-0.39, 0.29) is 11.4 Å². The summed E-state index contributed by atoms with van der Waals surface area (Å²) in [5.74, 6) is -0.0952. The second-order valence-corrected chi connectivity index (χ2v) is 10.6. The van der Waals surface area contributed by atoms with Gasteiger partial charge in [0.1, 0.15) is 0 Å². The second-order valence-electron chi connectivity index (χ2n) is 9.56. The number of nitrogens with zero attached hydrogens (tertiary/aromatic N) is 2. The molecule has 4 rings (SSSR count). The molecule has 0 unspecified atom stereocenters. The van der Waals surface area contributed by atoms with Crippen molar-refractivity contribution in [3.8, 4) is 0 Å². The van der Waals surface area contributed by atoms with Crippen molar-refractivity contribution < 1.29 is 4.79 Å². The summed E-state index contributed by atoms with van der Waals surface area (Å²) in [6.45, 7) is 16.2. The fourth-order valence-corrected chi connectivity index (χ4v) is 5.45. The van der Waals surface area contributed by atoms with Gasteiger partial charge in [-0.25, -0.2) is 4.99 Å². The molecule has 1 fully saturated rings. The Kier molecular flexibility index (Phi) is 6.28. The molecule has 1 saturated heterocycles. The van der Waals surface area contributed by atoms with E-state index in [1.165, 1.54) is 39.7 Å². The van der Waals surface area contributed by atoms with Crippen molar-refractivity contribution in [1.82, 2.24) is 5.32 Å². The minimum Gasteiger partial charge on any atom is -0.362 e. The molecule has 1 N–H and O–H groups in total. The molecule has 1 amide bonds. The van der Waals surface area contributed by atoms with E-state index in [2.05, 4.69) is 83.0 Å². The number of carbonyl (C=O) groups is 1. The van der Waals surface area contributed by atoms with Crippen LogP contribution in [-0.4, -0.2) is 23.2 Å². The number of fused-ring (bicyclic) bond motifs is 1. The van der Waals surface area contributed by atoms with Crippen molar-refractivity contribution in [1.29, 1.82) is 0 Å². The van der Waals surface area contributed by atoms with E-state index in [1.807, 2.05) is 18.2 Å². The quantitative estimate of drug-likeness (QED) is 0.505. The Labute approximate surface area is 201 Å². The van der Waals surface area contributed by atoms with Crippen LogP contribution in [0.4, 0.5) is 11.4 Å². The zero-order chi connectivity index (χ0) is 23.9. The fraction of sp³-hybridized carbons (Fsp3) is 0.357. The first-order valence-electron chi connectivity index (χ1n) is 11.6. The van der Waals surface area contributed by atoms with Crippen LogP contribution in [0.25, 0.3) is 11.6 Å². The summed E-state index contributed by atoms with van der Waals surface area (Å²) in [5.41, 5.74) is 9.24. The Bertz CT molecular complexity index is 1220. The summed E-state index contributed by atoms with van der Waals surface area (Å²) < 4.78 is 0. The van der Waals surface area contributed by atoms with Crippen LogP contribution in [0, 0.1) is 20.8 Å². The van der Waals surface area contributed by atoms with Gasteiger partial charge >= 0.3 is 0 Å². The Morgan fingerprint density at radius 2 is 1.88 bits per heavy atom. The van der Waals surface area contributed by atoms with Crippen LogP contribution in [0.3, 0.4) is 0 Å². The number of nitrogens with one attached hydrogen (secondary N) is 1. The van der Waals surface area contributed by atoms with Gasteiger partial charge in [0.25, 0.3) is 5.91 Å². The lowest BCUT2D eigenvalue weighted by atomic mass is 9.86. The SMILES string of the molecule is CCCN1c2cc(C)c(/C=C3/SC(=Nc4cccc(C)c4C)NC3=O)cc2C(C)=CC1(C)C. The first kappa shape index (κ1) is 23.4. The zero-order valence-corrected chi connectivity index (χ0v) is 21.5. The van der Waals surface area contributed by atoms with Gasteiger partial charge in [0.15, 0.2) is 5.17 Å². The Morgan fingerprint density at radius 3 is 2.61 bits per heavy atom. The summed E-state index contributed by atoms with van der Waals surface area (Å²) >= 11 is 1.40. The first-order chi connectivity index (χ1) is 15.6. The predicted molar refractivity (Wildman–Crippen MR) is 143 cm³/mol. The maximum Gasteiger partial charge on any atom is 0.264 e. The normalized spacial score (nSPS) is 19.7. The molecule has 0 aromatic heterocycles. The number of aliphatic imine (C=N–C) groups is 1. The molecule has 5 heteroatoms. The molecule has 4 nitrogen and oxygen atoms in total. The Hall–Kier alpha value is -2.79. The molecular formula is C28H33N3OS. The van der Waals surface area contributed by atoms with Crippen molar-refractivity contribution in [3.05, 3.63) is 69.1 Å². The maximum absolute atomic E-state index is 12.7. The minimum absolute atomic E-state index is 0.0139. The monoisotopic (exact) mass is 459 g/mol. The number of amides is 1. The number of rotatable bonds is 4. The molecule has 2 heterocycles. The van der Waals surface area contributed by atoms with E-state index in [1.54, 1.807) is 0 Å². The smallest absolute Gasteiger partial charge is 0.264 e. The summed E-state index contributed by atoms with van der Waals surface area (Å²) in [6.07, 6.45) is 5.45. The van der Waals surface area contributed by atoms with E-state index < -0.39 is 0 Å². The predicted octanol–water partition coefficient (Wildman–Crippen LogP) is 6.92. The van der Waals surface area contributed by atoms with Crippen LogP contribution in [0.1, 0.15) is 61.9 Å². The van der Waals surface area contributed by atoms with Gasteiger partial charge in [-0.15, -0.1) is 0 Å². The lowest BCUT2D eigenvalue weighted by molar-refractivity contribution is -0.115. The number of thioether (sulfide) groups is 1. The number of amidine groups is 1. The largest absolute Gasteiger partial charge is 0.362 e. The number of anilines is 1. The van der Waals surface area contributed by atoms with Crippen molar-refractivity contribution in [2.45, 2.75) is 60.4 Å². The van der Waals surface area contributed by atoms with Gasteiger partial charge in [-0.2, -0.15) is 0 Å². The van der Waals surface area contributed by atoms with E-state index in [0.29, 0.717) is 10.1 Å². The highest BCUT2D eigenvalue weighted by atomic mass is 32.2. The molecule has 0 spiro atoms. The number of aryl methyl sites for hydroxylation is 2. The Morgan fingerprint density at radius 1 is 1.12 bits per heavy atom. The van der Waals surface area contributed by atoms with Crippen molar-refractivity contribution in [2.24, 2.45) is 4.99 Å². The van der Waals surface area contributed by atoms with Crippen molar-refractivity contribution in [3.63, 3.8) is 0 Å². The molecule has 0 radical (unpaired) electrons. The number of hydrogen-bond acceptors (Lipinski definition) is 4. The van der Waals surface area contributed by atoms with Gasteiger partial charge in [-0.05, 0) is 112 Å². The van der Waals surface area contributed by atoms with Crippen LogP contribution >= 0.6 is 11.8 Å². The molecular weight excluding hydrogens is 426 g/mol. The summed E-state index contributed by atoms with van der Waals surface area (Å²) in [7, 11) is 0. The highest BCUT2D eigenvalue weighted by Crippen LogP contribution is 2.41. The molecule has 33 heavy (non-hydrogen) atoms. The van der Waals surface area contributed by atoms with Crippen LogP contribution in [0.15, 0.2) is 46.3 Å². The number of carbonyl (C=O) groups excluding carboxylic acids is 1. The van der Waals surface area contributed by atoms with Crippen LogP contribution in [0.2, 0.25) is 0 Å². The number of allylic oxidation sites excluding steroid dienone is 1. The molecule has 2 aromatic carbocycles. The van der Waals surface area contributed by atoms with Crippen LogP contribution in [-0.2, 0) is 4.79 Å². The van der Waals surface area contributed by atoms with E-state index in [0.717, 1.165) is 29.8 Å². The van der Waals surface area contributed by atoms with Crippen LogP contribution < -0.4 is 10.2 Å². The summed E-state index contributed by atoms with van der Waals surface area (Å²) in [6, 6.07) is 10.6. The maximum atomic E-state index is 12.7. The highest BCUT2D eigenvalue weighted by molar-refractivity contribution is 8.18. The fourth-order valence-electron chi connectivity index (χ4n) is 4.62. The van der Waals surface area contributed by atoms with E-state index in [4.69, 9.17) is 4.99 Å². The highest BCUT2D eigenvalue weighted by Gasteiger charge is 2.31. The average Bonchev–Trinajstić information content (AvgIpc) is 3.08. The van der Waals surface area contributed by atoms with E-state index in [9.17, 15) is 4.79 Å². The van der Waals surface area contributed by atoms with Gasteiger partial charge in [0.2, 0.25) is 0 Å². The molecule has 2 aromatic rings. The molecule has 2 aliphatic heterocycles.